The Hall–Kier alpha value is -3.12. The summed E-state index contributed by atoms with van der Waals surface area (Å²) in [6, 6.07) is 10.0. The maximum atomic E-state index is 6.33. The van der Waals surface area contributed by atoms with E-state index in [0.717, 1.165) is 38.4 Å². The van der Waals surface area contributed by atoms with Crippen molar-refractivity contribution in [2.75, 3.05) is 21.3 Å². The molecular weight excluding hydrogens is 390 g/mol. The van der Waals surface area contributed by atoms with Crippen LogP contribution < -0.4 is 14.2 Å². The third-order valence-electron chi connectivity index (χ3n) is 5.09. The molecule has 0 N–H and O–H groups in total. The van der Waals surface area contributed by atoms with Gasteiger partial charge >= 0.3 is 0 Å². The lowest BCUT2D eigenvalue weighted by Gasteiger charge is -2.14. The predicted molar refractivity (Wildman–Crippen MR) is 115 cm³/mol. The van der Waals surface area contributed by atoms with Crippen LogP contribution in [0.3, 0.4) is 0 Å². The van der Waals surface area contributed by atoms with E-state index in [-0.39, 0.29) is 0 Å². The number of aromatic nitrogens is 3. The summed E-state index contributed by atoms with van der Waals surface area (Å²) < 4.78 is 20.5. The number of imidazole rings is 1. The molecule has 0 bridgehead atoms. The molecule has 0 saturated carbocycles. The van der Waals surface area contributed by atoms with E-state index in [1.54, 1.807) is 27.7 Å². The van der Waals surface area contributed by atoms with E-state index >= 15 is 0 Å². The fourth-order valence-corrected chi connectivity index (χ4v) is 3.99. The first kappa shape index (κ1) is 19.2. The van der Waals surface area contributed by atoms with Gasteiger partial charge in [0.1, 0.15) is 0 Å². The Bertz CT molecular complexity index is 1180. The summed E-state index contributed by atoms with van der Waals surface area (Å²) in [7, 11) is 8.76. The summed E-state index contributed by atoms with van der Waals surface area (Å²) in [6.45, 7) is 0. The largest absolute Gasteiger partial charge is 0.493 e. The monoisotopic (exact) mass is 411 g/mol. The van der Waals surface area contributed by atoms with Gasteiger partial charge in [-0.3, -0.25) is 0 Å². The molecule has 6 nitrogen and oxygen atoms in total. The highest BCUT2D eigenvalue weighted by molar-refractivity contribution is 6.35. The Morgan fingerprint density at radius 2 is 1.55 bits per heavy atom. The van der Waals surface area contributed by atoms with Crippen molar-refractivity contribution in [1.29, 1.82) is 0 Å². The van der Waals surface area contributed by atoms with Crippen LogP contribution in [-0.4, -0.2) is 35.4 Å². The Morgan fingerprint density at radius 3 is 2.17 bits per heavy atom. The number of halogens is 1. The van der Waals surface area contributed by atoms with Crippen LogP contribution in [0.15, 0.2) is 42.9 Å². The van der Waals surface area contributed by atoms with Gasteiger partial charge in [-0.2, -0.15) is 0 Å². The van der Waals surface area contributed by atoms with Gasteiger partial charge in [0.2, 0.25) is 5.75 Å². The minimum Gasteiger partial charge on any atom is -0.493 e. The summed E-state index contributed by atoms with van der Waals surface area (Å²) in [4.78, 5) is 4.65. The molecule has 150 valence electrons. The number of nitrogens with zero attached hydrogens (tertiary/aromatic N) is 3. The third-order valence-corrected chi connectivity index (χ3v) is 5.39. The van der Waals surface area contributed by atoms with Crippen LogP contribution in [0.25, 0.3) is 33.4 Å². The van der Waals surface area contributed by atoms with Crippen molar-refractivity contribution in [2.24, 2.45) is 14.1 Å². The van der Waals surface area contributed by atoms with Gasteiger partial charge in [-0.15, -0.1) is 0 Å². The van der Waals surface area contributed by atoms with Crippen molar-refractivity contribution in [1.82, 2.24) is 14.1 Å². The zero-order valence-corrected chi connectivity index (χ0v) is 17.7. The fourth-order valence-electron chi connectivity index (χ4n) is 3.68. The fraction of sp³-hybridized carbons (Fsp3) is 0.227. The van der Waals surface area contributed by atoms with E-state index in [1.807, 2.05) is 47.6 Å². The lowest BCUT2D eigenvalue weighted by atomic mass is 10.0. The number of ether oxygens (including phenoxy) is 3. The summed E-state index contributed by atoms with van der Waals surface area (Å²) >= 11 is 6.33. The van der Waals surface area contributed by atoms with E-state index in [0.29, 0.717) is 17.2 Å². The smallest absolute Gasteiger partial charge is 0.203 e. The molecule has 2 aromatic heterocycles. The maximum absolute atomic E-state index is 6.33. The van der Waals surface area contributed by atoms with Crippen molar-refractivity contribution < 1.29 is 14.2 Å². The lowest BCUT2D eigenvalue weighted by Crippen LogP contribution is -1.97. The highest BCUT2D eigenvalue weighted by Gasteiger charge is 2.20. The Morgan fingerprint density at radius 1 is 0.862 bits per heavy atom. The molecule has 7 heteroatoms. The molecule has 0 atom stereocenters. The van der Waals surface area contributed by atoms with Crippen molar-refractivity contribution >= 4 is 22.5 Å². The van der Waals surface area contributed by atoms with Gasteiger partial charge < -0.3 is 23.3 Å². The van der Waals surface area contributed by atoms with Gasteiger partial charge in [0.15, 0.2) is 11.5 Å². The minimum absolute atomic E-state index is 0.552. The zero-order valence-electron chi connectivity index (χ0n) is 17.0. The van der Waals surface area contributed by atoms with Crippen LogP contribution in [0.4, 0.5) is 0 Å². The molecule has 0 spiro atoms. The molecule has 0 aliphatic rings. The van der Waals surface area contributed by atoms with Gasteiger partial charge in [-0.05, 0) is 18.2 Å². The molecule has 0 radical (unpaired) electrons. The second-order valence-corrected chi connectivity index (χ2v) is 7.19. The SMILES string of the molecule is COc1cc(-c2ncn(C)c2-c2ccc3c(Cl)cn(C)c3c2)cc(OC)c1OC. The Kier molecular flexibility index (Phi) is 4.88. The van der Waals surface area contributed by atoms with Crippen LogP contribution in [0, 0.1) is 0 Å². The third kappa shape index (κ3) is 3.09. The number of hydrogen-bond acceptors (Lipinski definition) is 4. The van der Waals surface area contributed by atoms with Crippen molar-refractivity contribution in [3.8, 4) is 39.8 Å². The number of aryl methyl sites for hydroxylation is 2. The van der Waals surface area contributed by atoms with Gasteiger partial charge in [-0.1, -0.05) is 23.7 Å². The topological polar surface area (TPSA) is 50.4 Å². The highest BCUT2D eigenvalue weighted by atomic mass is 35.5. The van der Waals surface area contributed by atoms with Gasteiger partial charge in [0.25, 0.3) is 0 Å². The number of hydrogen-bond donors (Lipinski definition) is 0. The number of fused-ring (bicyclic) bond motifs is 1. The Labute approximate surface area is 174 Å². The van der Waals surface area contributed by atoms with Gasteiger partial charge in [0.05, 0.1) is 44.1 Å². The molecule has 0 unspecified atom stereocenters. The van der Waals surface area contributed by atoms with Crippen LogP contribution >= 0.6 is 11.6 Å². The molecule has 2 aromatic carbocycles. The number of rotatable bonds is 5. The average Bonchev–Trinajstić information content (AvgIpc) is 3.25. The van der Waals surface area contributed by atoms with Crippen molar-refractivity contribution in [2.45, 2.75) is 0 Å². The summed E-state index contributed by atoms with van der Waals surface area (Å²) in [6.07, 6.45) is 3.72. The van der Waals surface area contributed by atoms with Gasteiger partial charge in [0, 0.05) is 42.3 Å². The molecule has 2 heterocycles. The molecule has 0 fully saturated rings. The predicted octanol–water partition coefficient (Wildman–Crippen LogP) is 4.93. The molecule has 0 aliphatic heterocycles. The second-order valence-electron chi connectivity index (χ2n) is 6.79. The van der Waals surface area contributed by atoms with E-state index in [1.165, 1.54) is 0 Å². The molecular formula is C22H22ClN3O3. The van der Waals surface area contributed by atoms with Crippen LogP contribution in [-0.2, 0) is 14.1 Å². The molecule has 4 rings (SSSR count). The van der Waals surface area contributed by atoms with E-state index in [2.05, 4.69) is 17.1 Å². The van der Waals surface area contributed by atoms with Crippen LogP contribution in [0.5, 0.6) is 17.2 Å². The molecule has 4 aromatic rings. The van der Waals surface area contributed by atoms with E-state index in [4.69, 9.17) is 25.8 Å². The summed E-state index contributed by atoms with van der Waals surface area (Å²) in [5.74, 6) is 1.72. The molecule has 0 aliphatic carbocycles. The van der Waals surface area contributed by atoms with Crippen molar-refractivity contribution in [3.63, 3.8) is 0 Å². The maximum Gasteiger partial charge on any atom is 0.203 e. The summed E-state index contributed by atoms with van der Waals surface area (Å²) in [5, 5.41) is 1.76. The molecule has 29 heavy (non-hydrogen) atoms. The normalized spacial score (nSPS) is 11.1. The van der Waals surface area contributed by atoms with Crippen molar-refractivity contribution in [3.05, 3.63) is 47.9 Å². The first-order valence-electron chi connectivity index (χ1n) is 9.05. The highest BCUT2D eigenvalue weighted by Crippen LogP contribution is 2.43. The van der Waals surface area contributed by atoms with E-state index in [9.17, 15) is 0 Å². The second kappa shape index (κ2) is 7.37. The quantitative estimate of drug-likeness (QED) is 0.467. The zero-order chi connectivity index (χ0) is 20.7. The number of methoxy groups -OCH3 is 3. The van der Waals surface area contributed by atoms with Gasteiger partial charge in [-0.25, -0.2) is 4.98 Å². The summed E-state index contributed by atoms with van der Waals surface area (Å²) in [5.41, 5.74) is 4.79. The standard InChI is InChI=1S/C22H22ClN3O3/c1-25-11-16(23)15-7-6-13(8-17(15)25)21-20(24-12-26(21)2)14-9-18(27-3)22(29-5)19(10-14)28-4/h6-12H,1-5H3. The van der Waals surface area contributed by atoms with Crippen LogP contribution in [0.1, 0.15) is 0 Å². The average molecular weight is 412 g/mol. The van der Waals surface area contributed by atoms with E-state index < -0.39 is 0 Å². The minimum atomic E-state index is 0.552. The van der Waals surface area contributed by atoms with Crippen LogP contribution in [0.2, 0.25) is 5.02 Å². The lowest BCUT2D eigenvalue weighted by molar-refractivity contribution is 0.324. The molecule has 0 saturated heterocycles. The number of benzene rings is 2. The first-order valence-corrected chi connectivity index (χ1v) is 9.43. The molecule has 0 amide bonds. The first-order chi connectivity index (χ1) is 14.0. The Balaban J connectivity index is 1.92.